The van der Waals surface area contributed by atoms with Crippen LogP contribution in [-0.4, -0.2) is 16.1 Å². The first-order valence-electron chi connectivity index (χ1n) is 4.40. The molecule has 2 atom stereocenters. The van der Waals surface area contributed by atoms with Crippen LogP contribution in [0.25, 0.3) is 0 Å². The Morgan fingerprint density at radius 3 is 2.64 bits per heavy atom. The van der Waals surface area contributed by atoms with E-state index in [-0.39, 0.29) is 0 Å². The van der Waals surface area contributed by atoms with Gasteiger partial charge >= 0.3 is 0 Å². The number of hydrogen-bond donors (Lipinski definition) is 1. The van der Waals surface area contributed by atoms with Gasteiger partial charge < -0.3 is 5.11 Å². The molecule has 14 heavy (non-hydrogen) atoms. The molecule has 0 heterocycles. The van der Waals surface area contributed by atoms with E-state index in [2.05, 4.69) is 0 Å². The third-order valence-electron chi connectivity index (χ3n) is 2.17. The van der Waals surface area contributed by atoms with Crippen molar-refractivity contribution in [2.45, 2.75) is 26.0 Å². The van der Waals surface area contributed by atoms with Crippen molar-refractivity contribution in [1.82, 2.24) is 0 Å². The average Bonchev–Trinajstić information content (AvgIpc) is 2.15. The normalized spacial score (nSPS) is 14.8. The smallest absolute Gasteiger partial charge is 0.239 e. The molecule has 1 rings (SSSR count). The predicted molar refractivity (Wildman–Crippen MR) is 52.6 cm³/mol. The van der Waals surface area contributed by atoms with Gasteiger partial charge in [0.2, 0.25) is 6.04 Å². The van der Waals surface area contributed by atoms with Crippen molar-refractivity contribution in [3.8, 4) is 0 Å². The SMILES string of the molecule is Cc1cccc([C@H](O)[C@@H](C)[N+](=O)[O-])c1. The minimum Gasteiger partial charge on any atom is -0.381 e. The summed E-state index contributed by atoms with van der Waals surface area (Å²) in [5.41, 5.74) is 1.58. The number of aliphatic hydroxyl groups is 1. The summed E-state index contributed by atoms with van der Waals surface area (Å²) in [5, 5.41) is 20.1. The molecule has 0 saturated carbocycles. The fraction of sp³-hybridized carbons (Fsp3) is 0.400. The van der Waals surface area contributed by atoms with Crippen LogP contribution in [0.4, 0.5) is 0 Å². The Morgan fingerprint density at radius 1 is 1.50 bits per heavy atom. The first kappa shape index (κ1) is 10.7. The largest absolute Gasteiger partial charge is 0.381 e. The van der Waals surface area contributed by atoms with Gasteiger partial charge in [-0.25, -0.2) is 0 Å². The summed E-state index contributed by atoms with van der Waals surface area (Å²) in [5.74, 6) is 0. The number of nitrogens with zero attached hydrogens (tertiary/aromatic N) is 1. The van der Waals surface area contributed by atoms with E-state index in [0.29, 0.717) is 5.56 Å². The molecule has 0 aliphatic heterocycles. The lowest BCUT2D eigenvalue weighted by molar-refractivity contribution is -0.531. The van der Waals surface area contributed by atoms with Gasteiger partial charge in [0, 0.05) is 11.8 Å². The summed E-state index contributed by atoms with van der Waals surface area (Å²) in [6.07, 6.45) is -1.04. The van der Waals surface area contributed by atoms with Crippen LogP contribution in [-0.2, 0) is 0 Å². The Bertz CT molecular complexity index is 338. The molecule has 0 amide bonds. The fourth-order valence-corrected chi connectivity index (χ4v) is 1.25. The molecule has 0 fully saturated rings. The molecule has 0 spiro atoms. The molecular weight excluding hydrogens is 182 g/mol. The van der Waals surface area contributed by atoms with Crippen molar-refractivity contribution < 1.29 is 10.0 Å². The van der Waals surface area contributed by atoms with Crippen molar-refractivity contribution in [3.63, 3.8) is 0 Å². The molecule has 4 nitrogen and oxygen atoms in total. The summed E-state index contributed by atoms with van der Waals surface area (Å²) >= 11 is 0. The van der Waals surface area contributed by atoms with E-state index in [0.717, 1.165) is 5.56 Å². The van der Waals surface area contributed by atoms with E-state index < -0.39 is 17.1 Å². The molecule has 1 aromatic rings. The lowest BCUT2D eigenvalue weighted by Crippen LogP contribution is -2.23. The standard InChI is InChI=1S/C10H13NO3/c1-7-4-3-5-9(6-7)10(12)8(2)11(13)14/h3-6,8,10,12H,1-2H3/t8-,10-/m1/s1. The number of aryl methyl sites for hydroxylation is 1. The Morgan fingerprint density at radius 2 is 2.14 bits per heavy atom. The molecule has 0 saturated heterocycles. The van der Waals surface area contributed by atoms with Crippen molar-refractivity contribution >= 4 is 0 Å². The highest BCUT2D eigenvalue weighted by molar-refractivity contribution is 5.24. The minimum absolute atomic E-state index is 0.479. The Kier molecular flexibility index (Phi) is 3.19. The van der Waals surface area contributed by atoms with Gasteiger partial charge in [-0.15, -0.1) is 0 Å². The highest BCUT2D eigenvalue weighted by Gasteiger charge is 2.25. The van der Waals surface area contributed by atoms with Gasteiger partial charge in [-0.3, -0.25) is 10.1 Å². The van der Waals surface area contributed by atoms with Crippen molar-refractivity contribution in [2.24, 2.45) is 0 Å². The van der Waals surface area contributed by atoms with E-state index in [1.54, 1.807) is 18.2 Å². The highest BCUT2D eigenvalue weighted by Crippen LogP contribution is 2.19. The van der Waals surface area contributed by atoms with Gasteiger partial charge in [0.15, 0.2) is 0 Å². The maximum Gasteiger partial charge on any atom is 0.239 e. The quantitative estimate of drug-likeness (QED) is 0.589. The number of hydrogen-bond acceptors (Lipinski definition) is 3. The fourth-order valence-electron chi connectivity index (χ4n) is 1.25. The van der Waals surface area contributed by atoms with Crippen LogP contribution < -0.4 is 0 Å². The lowest BCUT2D eigenvalue weighted by Gasteiger charge is -2.12. The second kappa shape index (κ2) is 4.19. The zero-order chi connectivity index (χ0) is 10.7. The summed E-state index contributed by atoms with van der Waals surface area (Å²) < 4.78 is 0. The van der Waals surface area contributed by atoms with Gasteiger partial charge in [-0.05, 0) is 12.5 Å². The molecule has 4 heteroatoms. The molecule has 0 unspecified atom stereocenters. The predicted octanol–water partition coefficient (Wildman–Crippen LogP) is 1.69. The second-order valence-corrected chi connectivity index (χ2v) is 3.38. The van der Waals surface area contributed by atoms with E-state index in [1.807, 2.05) is 13.0 Å². The van der Waals surface area contributed by atoms with Crippen LogP contribution in [0.3, 0.4) is 0 Å². The number of aliphatic hydroxyl groups excluding tert-OH is 1. The molecular formula is C10H13NO3. The maximum atomic E-state index is 10.4. The third-order valence-corrected chi connectivity index (χ3v) is 2.17. The second-order valence-electron chi connectivity index (χ2n) is 3.38. The maximum absolute atomic E-state index is 10.4. The topological polar surface area (TPSA) is 63.4 Å². The Hall–Kier alpha value is -1.42. The number of benzene rings is 1. The Balaban J connectivity index is 2.89. The van der Waals surface area contributed by atoms with E-state index in [4.69, 9.17) is 0 Å². The molecule has 76 valence electrons. The van der Waals surface area contributed by atoms with Gasteiger partial charge in [-0.2, -0.15) is 0 Å². The van der Waals surface area contributed by atoms with E-state index in [1.165, 1.54) is 6.92 Å². The van der Waals surface area contributed by atoms with Crippen LogP contribution in [0.2, 0.25) is 0 Å². The minimum atomic E-state index is -1.04. The summed E-state index contributed by atoms with van der Waals surface area (Å²) in [4.78, 5) is 9.97. The average molecular weight is 195 g/mol. The van der Waals surface area contributed by atoms with Crippen LogP contribution >= 0.6 is 0 Å². The van der Waals surface area contributed by atoms with Crippen molar-refractivity contribution in [1.29, 1.82) is 0 Å². The number of rotatable bonds is 3. The van der Waals surface area contributed by atoms with Gasteiger partial charge in [0.1, 0.15) is 6.10 Å². The van der Waals surface area contributed by atoms with Gasteiger partial charge in [0.25, 0.3) is 0 Å². The molecule has 0 bridgehead atoms. The lowest BCUT2D eigenvalue weighted by atomic mass is 10.0. The monoisotopic (exact) mass is 195 g/mol. The Labute approximate surface area is 82.3 Å². The van der Waals surface area contributed by atoms with Crippen LogP contribution in [0.15, 0.2) is 24.3 Å². The summed E-state index contributed by atoms with van der Waals surface area (Å²) in [7, 11) is 0. The highest BCUT2D eigenvalue weighted by atomic mass is 16.6. The molecule has 0 aromatic heterocycles. The third kappa shape index (κ3) is 2.29. The molecule has 0 aliphatic carbocycles. The van der Waals surface area contributed by atoms with Crippen LogP contribution in [0.5, 0.6) is 0 Å². The van der Waals surface area contributed by atoms with E-state index >= 15 is 0 Å². The molecule has 0 aliphatic rings. The summed E-state index contributed by atoms with van der Waals surface area (Å²) in [6.45, 7) is 3.28. The zero-order valence-electron chi connectivity index (χ0n) is 8.18. The van der Waals surface area contributed by atoms with Crippen molar-refractivity contribution in [2.75, 3.05) is 0 Å². The number of nitro groups is 1. The first-order valence-corrected chi connectivity index (χ1v) is 4.40. The molecule has 1 N–H and O–H groups in total. The van der Waals surface area contributed by atoms with Crippen LogP contribution in [0, 0.1) is 17.0 Å². The molecule has 1 aromatic carbocycles. The van der Waals surface area contributed by atoms with Gasteiger partial charge in [0.05, 0.1) is 0 Å². The van der Waals surface area contributed by atoms with Crippen LogP contribution in [0.1, 0.15) is 24.2 Å². The summed E-state index contributed by atoms with van der Waals surface area (Å²) in [6, 6.07) is 6.13. The first-order chi connectivity index (χ1) is 6.52. The van der Waals surface area contributed by atoms with E-state index in [9.17, 15) is 15.2 Å². The van der Waals surface area contributed by atoms with Crippen molar-refractivity contribution in [3.05, 3.63) is 45.5 Å². The zero-order valence-corrected chi connectivity index (χ0v) is 8.18. The molecule has 0 radical (unpaired) electrons. The van der Waals surface area contributed by atoms with Gasteiger partial charge in [-0.1, -0.05) is 29.8 Å².